The Bertz CT molecular complexity index is 1280. The van der Waals surface area contributed by atoms with Crippen LogP contribution >= 0.6 is 0 Å². The highest BCUT2D eigenvalue weighted by molar-refractivity contribution is 6.22. The maximum Gasteiger partial charge on any atom is 0.316 e. The number of rotatable bonds is 6. The number of benzene rings is 2. The Morgan fingerprint density at radius 2 is 1.73 bits per heavy atom. The van der Waals surface area contributed by atoms with Gasteiger partial charge in [0.1, 0.15) is 11.5 Å². The summed E-state index contributed by atoms with van der Waals surface area (Å²) in [5.74, 6) is -2.48. The van der Waals surface area contributed by atoms with Crippen molar-refractivity contribution in [3.05, 3.63) is 52.6 Å². The molecule has 11 nitrogen and oxygen atoms in total. The number of nitro groups is 1. The van der Waals surface area contributed by atoms with E-state index in [-0.39, 0.29) is 59.7 Å². The van der Waals surface area contributed by atoms with Crippen LogP contribution in [0.1, 0.15) is 32.1 Å². The fourth-order valence-corrected chi connectivity index (χ4v) is 5.40. The number of anilines is 2. The minimum Gasteiger partial charge on any atom is -0.494 e. The van der Waals surface area contributed by atoms with Gasteiger partial charge in [-0.05, 0) is 31.0 Å². The predicted octanol–water partition coefficient (Wildman–Crippen LogP) is 3.24. The fourth-order valence-electron chi connectivity index (χ4n) is 5.40. The molecule has 11 heteroatoms. The number of nitrogens with zero attached hydrogens (tertiary/aromatic N) is 3. The van der Waals surface area contributed by atoms with Crippen molar-refractivity contribution >= 4 is 40.8 Å². The lowest BCUT2D eigenvalue weighted by Crippen LogP contribution is -2.31. The average molecular weight is 507 g/mol. The van der Waals surface area contributed by atoms with Crippen molar-refractivity contribution in [1.29, 1.82) is 0 Å². The van der Waals surface area contributed by atoms with Crippen LogP contribution in [0, 0.1) is 27.9 Å². The normalized spacial score (nSPS) is 23.3. The summed E-state index contributed by atoms with van der Waals surface area (Å²) in [6, 6.07) is 10.2. The number of non-ortho nitro benzene ring substituents is 1. The van der Waals surface area contributed by atoms with E-state index in [9.17, 15) is 29.3 Å². The first kappa shape index (κ1) is 24.4. The zero-order chi connectivity index (χ0) is 26.3. The molecule has 1 aliphatic carbocycles. The first-order valence-corrected chi connectivity index (χ1v) is 12.1. The van der Waals surface area contributed by atoms with Crippen LogP contribution in [0.25, 0.3) is 0 Å². The summed E-state index contributed by atoms with van der Waals surface area (Å²) in [5, 5.41) is 11.1. The van der Waals surface area contributed by atoms with E-state index < -0.39 is 16.8 Å². The van der Waals surface area contributed by atoms with Crippen molar-refractivity contribution in [2.24, 2.45) is 17.8 Å². The standard InChI is InChI=1S/C26H25N3O8/c1-36-22-13-17(29(34)35)9-10-21(22)27-14-15(11-23(27)30)26(33)37-18-6-4-5-16(12-18)28-24(31)19-7-2-3-8-20(19)25(28)32/h4-6,9-10,12-13,15,19-20H,2-3,7-8,11,14H2,1H3/t15-,19+,20+/m1/s1. The van der Waals surface area contributed by atoms with E-state index >= 15 is 0 Å². The molecule has 2 aromatic rings. The van der Waals surface area contributed by atoms with Gasteiger partial charge in [-0.1, -0.05) is 18.9 Å². The lowest BCUT2D eigenvalue weighted by atomic mass is 9.81. The minimum absolute atomic E-state index is 0.0119. The third kappa shape index (κ3) is 4.41. The van der Waals surface area contributed by atoms with Gasteiger partial charge in [0.15, 0.2) is 0 Å². The zero-order valence-corrected chi connectivity index (χ0v) is 20.1. The second-order valence-corrected chi connectivity index (χ2v) is 9.45. The van der Waals surface area contributed by atoms with Gasteiger partial charge in [-0.3, -0.25) is 29.3 Å². The van der Waals surface area contributed by atoms with Crippen LogP contribution in [0.15, 0.2) is 42.5 Å². The highest BCUT2D eigenvalue weighted by atomic mass is 16.6. The summed E-state index contributed by atoms with van der Waals surface area (Å²) in [4.78, 5) is 64.5. The predicted molar refractivity (Wildman–Crippen MR) is 130 cm³/mol. The summed E-state index contributed by atoms with van der Waals surface area (Å²) in [6.07, 6.45) is 3.15. The molecule has 37 heavy (non-hydrogen) atoms. The molecule has 0 N–H and O–H groups in total. The molecule has 1 saturated carbocycles. The molecule has 5 rings (SSSR count). The number of imide groups is 1. The van der Waals surface area contributed by atoms with Crippen LogP contribution < -0.4 is 19.3 Å². The molecule has 0 bridgehead atoms. The van der Waals surface area contributed by atoms with Crippen LogP contribution in [-0.2, 0) is 19.2 Å². The Morgan fingerprint density at radius 1 is 1.03 bits per heavy atom. The fraction of sp³-hybridized carbons (Fsp3) is 0.385. The smallest absolute Gasteiger partial charge is 0.316 e. The van der Waals surface area contributed by atoms with Crippen LogP contribution in [0.5, 0.6) is 11.5 Å². The van der Waals surface area contributed by atoms with Crippen molar-refractivity contribution in [3.63, 3.8) is 0 Å². The van der Waals surface area contributed by atoms with Gasteiger partial charge in [-0.25, -0.2) is 4.90 Å². The molecule has 3 amide bonds. The third-order valence-corrected chi connectivity index (χ3v) is 7.26. The summed E-state index contributed by atoms with van der Waals surface area (Å²) < 4.78 is 10.8. The molecule has 0 radical (unpaired) electrons. The molecule has 2 aromatic carbocycles. The van der Waals surface area contributed by atoms with Crippen LogP contribution in [-0.4, -0.2) is 42.3 Å². The number of hydrogen-bond donors (Lipinski definition) is 0. The number of ether oxygens (including phenoxy) is 2. The number of carbonyl (C=O) groups is 4. The highest BCUT2D eigenvalue weighted by Gasteiger charge is 2.48. The Labute approximate surface area is 212 Å². The van der Waals surface area contributed by atoms with Crippen LogP contribution in [0.3, 0.4) is 0 Å². The first-order valence-electron chi connectivity index (χ1n) is 12.1. The summed E-state index contributed by atoms with van der Waals surface area (Å²) in [7, 11) is 1.34. The van der Waals surface area contributed by atoms with Crippen molar-refractivity contribution in [2.75, 3.05) is 23.5 Å². The first-order chi connectivity index (χ1) is 17.8. The van der Waals surface area contributed by atoms with Crippen LogP contribution in [0.2, 0.25) is 0 Å². The monoisotopic (exact) mass is 507 g/mol. The van der Waals surface area contributed by atoms with E-state index in [4.69, 9.17) is 9.47 Å². The lowest BCUT2D eigenvalue weighted by Gasteiger charge is -2.19. The number of hydrogen-bond acceptors (Lipinski definition) is 8. The van der Waals surface area contributed by atoms with Gasteiger partial charge in [0.25, 0.3) is 5.69 Å². The summed E-state index contributed by atoms with van der Waals surface area (Å²) >= 11 is 0. The Balaban J connectivity index is 1.30. The van der Waals surface area contributed by atoms with Crippen molar-refractivity contribution in [3.8, 4) is 11.5 Å². The molecule has 2 aliphatic heterocycles. The minimum atomic E-state index is -0.783. The van der Waals surface area contributed by atoms with Crippen molar-refractivity contribution in [1.82, 2.24) is 0 Å². The molecule has 3 aliphatic rings. The van der Waals surface area contributed by atoms with Crippen molar-refractivity contribution in [2.45, 2.75) is 32.1 Å². The van der Waals surface area contributed by atoms with E-state index in [1.165, 1.54) is 41.2 Å². The van der Waals surface area contributed by atoms with E-state index in [0.29, 0.717) is 24.2 Å². The second-order valence-electron chi connectivity index (χ2n) is 9.45. The maximum atomic E-state index is 12.9. The highest BCUT2D eigenvalue weighted by Crippen LogP contribution is 2.41. The molecule has 2 saturated heterocycles. The Hall–Kier alpha value is -4.28. The third-order valence-electron chi connectivity index (χ3n) is 7.26. The topological polar surface area (TPSA) is 136 Å². The van der Waals surface area contributed by atoms with E-state index in [2.05, 4.69) is 0 Å². The lowest BCUT2D eigenvalue weighted by molar-refractivity contribution is -0.384. The second kappa shape index (κ2) is 9.64. The van der Waals surface area contributed by atoms with Crippen molar-refractivity contribution < 1.29 is 33.6 Å². The van der Waals surface area contributed by atoms with Gasteiger partial charge in [0.2, 0.25) is 17.7 Å². The average Bonchev–Trinajstić information content (AvgIpc) is 3.41. The molecule has 0 aromatic heterocycles. The summed E-state index contributed by atoms with van der Waals surface area (Å²) in [5.41, 5.74) is 0.495. The number of carbonyl (C=O) groups excluding carboxylic acids is 4. The van der Waals surface area contributed by atoms with Crippen LogP contribution in [0.4, 0.5) is 17.1 Å². The SMILES string of the molecule is COc1cc([N+](=O)[O-])ccc1N1C[C@H](C(=O)Oc2cccc(N3C(=O)[C@H]4CCCC[C@@H]4C3=O)c2)CC1=O. The zero-order valence-electron chi connectivity index (χ0n) is 20.1. The van der Waals surface area contributed by atoms with Gasteiger partial charge < -0.3 is 14.4 Å². The molecule has 2 heterocycles. The molecule has 192 valence electrons. The summed E-state index contributed by atoms with van der Waals surface area (Å²) in [6.45, 7) is 0.0119. The van der Waals surface area contributed by atoms with Gasteiger partial charge >= 0.3 is 5.97 Å². The number of esters is 1. The van der Waals surface area contributed by atoms with Gasteiger partial charge in [-0.15, -0.1) is 0 Å². The maximum absolute atomic E-state index is 12.9. The molecule has 0 unspecified atom stereocenters. The van der Waals surface area contributed by atoms with Gasteiger partial charge in [0.05, 0.1) is 47.2 Å². The largest absolute Gasteiger partial charge is 0.494 e. The van der Waals surface area contributed by atoms with Gasteiger partial charge in [-0.2, -0.15) is 0 Å². The molecule has 3 fully saturated rings. The number of methoxy groups -OCH3 is 1. The molecule has 3 atom stereocenters. The molecule has 0 spiro atoms. The van der Waals surface area contributed by atoms with Gasteiger partial charge in [0, 0.05) is 25.1 Å². The quantitative estimate of drug-likeness (QED) is 0.191. The van der Waals surface area contributed by atoms with E-state index in [1.807, 2.05) is 0 Å². The Morgan fingerprint density at radius 3 is 2.38 bits per heavy atom. The number of nitro benzene ring substituents is 1. The number of amides is 3. The Kier molecular flexibility index (Phi) is 6.36. The number of fused-ring (bicyclic) bond motifs is 1. The van der Waals surface area contributed by atoms with E-state index in [0.717, 1.165) is 12.8 Å². The molecular weight excluding hydrogens is 482 g/mol. The molecular formula is C26H25N3O8. The van der Waals surface area contributed by atoms with E-state index in [1.54, 1.807) is 18.2 Å².